The lowest BCUT2D eigenvalue weighted by Crippen LogP contribution is -2.30. The van der Waals surface area contributed by atoms with Gasteiger partial charge in [-0.25, -0.2) is 4.79 Å². The first-order valence-corrected chi connectivity index (χ1v) is 6.88. The summed E-state index contributed by atoms with van der Waals surface area (Å²) in [6.45, 7) is 4.51. The Hall–Kier alpha value is -3.03. The number of rotatable bonds is 5. The maximum Gasteiger partial charge on any atom is 0.361 e. The molecule has 0 spiro atoms. The summed E-state index contributed by atoms with van der Waals surface area (Å²) >= 11 is 0. The number of aromatic amines is 1. The van der Waals surface area contributed by atoms with Gasteiger partial charge in [-0.05, 0) is 45.0 Å². The lowest BCUT2D eigenvalue weighted by Gasteiger charge is -2.13. The van der Waals surface area contributed by atoms with Crippen molar-refractivity contribution in [2.75, 3.05) is 5.32 Å². The van der Waals surface area contributed by atoms with Crippen LogP contribution in [0.5, 0.6) is 0 Å². The van der Waals surface area contributed by atoms with E-state index in [0.29, 0.717) is 16.9 Å². The predicted octanol–water partition coefficient (Wildman–Crippen LogP) is 1.50. The number of hydrogen-bond donors (Lipinski definition) is 2. The lowest BCUT2D eigenvalue weighted by atomic mass is 10.1. The predicted molar refractivity (Wildman–Crippen MR) is 81.1 cm³/mol. The normalized spacial score (nSPS) is 11.6. The summed E-state index contributed by atoms with van der Waals surface area (Å²) in [4.78, 5) is 35.1. The Kier molecular flexibility index (Phi) is 4.85. The Labute approximate surface area is 132 Å². The maximum atomic E-state index is 12.0. The highest BCUT2D eigenvalue weighted by molar-refractivity contribution is 5.98. The molecule has 0 saturated carbocycles. The minimum absolute atomic E-state index is 0.0375. The Morgan fingerprint density at radius 3 is 2.35 bits per heavy atom. The van der Waals surface area contributed by atoms with Gasteiger partial charge in [-0.1, -0.05) is 0 Å². The van der Waals surface area contributed by atoms with Crippen LogP contribution in [-0.2, 0) is 9.53 Å². The number of ether oxygens (including phenoxy) is 1. The molecular formula is C15H16N4O4. The molecule has 1 atom stereocenters. The Balaban J connectivity index is 1.96. The first-order chi connectivity index (χ1) is 10.9. The fourth-order valence-corrected chi connectivity index (χ4v) is 1.78. The quantitative estimate of drug-likeness (QED) is 0.638. The van der Waals surface area contributed by atoms with E-state index in [2.05, 4.69) is 20.7 Å². The highest BCUT2D eigenvalue weighted by Gasteiger charge is 2.22. The first kappa shape index (κ1) is 16.3. The topological polar surface area (TPSA) is 114 Å². The Morgan fingerprint density at radius 1 is 1.17 bits per heavy atom. The Morgan fingerprint density at radius 2 is 1.83 bits per heavy atom. The number of nitrogens with one attached hydrogen (secondary N) is 2. The summed E-state index contributed by atoms with van der Waals surface area (Å²) in [5.74, 6) is -1.28. The number of amides is 1. The van der Waals surface area contributed by atoms with Crippen molar-refractivity contribution in [3.63, 3.8) is 0 Å². The van der Waals surface area contributed by atoms with Crippen molar-refractivity contribution in [2.45, 2.75) is 26.9 Å². The molecule has 8 nitrogen and oxygen atoms in total. The number of aryl methyl sites for hydroxylation is 1. The minimum atomic E-state index is -1.01. The van der Waals surface area contributed by atoms with Gasteiger partial charge in [-0.15, -0.1) is 5.10 Å². The molecule has 0 saturated heterocycles. The van der Waals surface area contributed by atoms with Crippen LogP contribution in [0.4, 0.5) is 5.69 Å². The fourth-order valence-electron chi connectivity index (χ4n) is 1.78. The molecule has 0 aliphatic carbocycles. The maximum absolute atomic E-state index is 12.0. The zero-order chi connectivity index (χ0) is 17.0. The number of hydrogen-bond acceptors (Lipinski definition) is 6. The second-order valence-electron chi connectivity index (χ2n) is 4.93. The molecular weight excluding hydrogens is 300 g/mol. The largest absolute Gasteiger partial charge is 0.448 e. The molecule has 0 radical (unpaired) electrons. The van der Waals surface area contributed by atoms with Crippen molar-refractivity contribution in [1.82, 2.24) is 15.4 Å². The van der Waals surface area contributed by atoms with Gasteiger partial charge >= 0.3 is 5.97 Å². The molecule has 120 valence electrons. The number of H-pyrrole nitrogens is 1. The van der Waals surface area contributed by atoms with Crippen LogP contribution in [0.15, 0.2) is 24.3 Å². The molecule has 1 aromatic heterocycles. The molecule has 8 heteroatoms. The number of carbonyl (C=O) groups excluding carboxylic acids is 3. The highest BCUT2D eigenvalue weighted by atomic mass is 16.5. The molecule has 2 N–H and O–H groups in total. The van der Waals surface area contributed by atoms with Gasteiger partial charge in [0, 0.05) is 11.3 Å². The van der Waals surface area contributed by atoms with Gasteiger partial charge < -0.3 is 10.1 Å². The number of Topliss-reactive ketones (excluding diaryl/α,β-unsaturated/α-hetero) is 1. The molecule has 1 amide bonds. The standard InChI is InChI=1S/C15H16N4O4/c1-8-13(18-19-17-8)15(22)23-10(3)14(21)16-12-6-4-11(5-7-12)9(2)20/h4-7,10H,1-3H3,(H,16,21)(H,17,18,19)/t10-/m0/s1. The number of nitrogens with zero attached hydrogens (tertiary/aromatic N) is 2. The van der Waals surface area contributed by atoms with Gasteiger partial charge in [-0.3, -0.25) is 9.59 Å². The second kappa shape index (κ2) is 6.82. The van der Waals surface area contributed by atoms with Gasteiger partial charge in [0.1, 0.15) is 0 Å². The third-order valence-corrected chi connectivity index (χ3v) is 3.13. The number of aromatic nitrogens is 3. The first-order valence-electron chi connectivity index (χ1n) is 6.88. The van der Waals surface area contributed by atoms with Crippen molar-refractivity contribution in [3.8, 4) is 0 Å². The van der Waals surface area contributed by atoms with Crippen LogP contribution in [-0.4, -0.2) is 39.2 Å². The molecule has 2 rings (SSSR count). The smallest absolute Gasteiger partial charge is 0.361 e. The SMILES string of the molecule is CC(=O)c1ccc(NC(=O)[C@H](C)OC(=O)c2n[nH]nc2C)cc1. The zero-order valence-electron chi connectivity index (χ0n) is 12.9. The van der Waals surface area contributed by atoms with E-state index in [0.717, 1.165) is 0 Å². The average molecular weight is 316 g/mol. The Bertz CT molecular complexity index is 736. The van der Waals surface area contributed by atoms with Crippen LogP contribution in [0, 0.1) is 6.92 Å². The van der Waals surface area contributed by atoms with E-state index in [1.807, 2.05) is 0 Å². The molecule has 0 fully saturated rings. The third-order valence-electron chi connectivity index (χ3n) is 3.13. The summed E-state index contributed by atoms with van der Waals surface area (Å²) in [7, 11) is 0. The third kappa shape index (κ3) is 4.00. The van der Waals surface area contributed by atoms with Crippen LogP contribution >= 0.6 is 0 Å². The van der Waals surface area contributed by atoms with E-state index < -0.39 is 18.0 Å². The van der Waals surface area contributed by atoms with Crippen LogP contribution in [0.3, 0.4) is 0 Å². The molecule has 1 aromatic carbocycles. The number of ketones is 1. The minimum Gasteiger partial charge on any atom is -0.448 e. The molecule has 23 heavy (non-hydrogen) atoms. The van der Waals surface area contributed by atoms with Crippen LogP contribution in [0.25, 0.3) is 0 Å². The molecule has 2 aromatic rings. The average Bonchev–Trinajstić information content (AvgIpc) is 2.93. The molecule has 0 unspecified atom stereocenters. The van der Waals surface area contributed by atoms with E-state index in [4.69, 9.17) is 4.74 Å². The van der Waals surface area contributed by atoms with Crippen molar-refractivity contribution in [1.29, 1.82) is 0 Å². The van der Waals surface area contributed by atoms with Gasteiger partial charge in [0.05, 0.1) is 5.69 Å². The lowest BCUT2D eigenvalue weighted by molar-refractivity contribution is -0.123. The van der Waals surface area contributed by atoms with Gasteiger partial charge in [0.15, 0.2) is 17.6 Å². The zero-order valence-corrected chi connectivity index (χ0v) is 12.9. The summed E-state index contributed by atoms with van der Waals surface area (Å²) in [6.07, 6.45) is -1.01. The molecule has 1 heterocycles. The van der Waals surface area contributed by atoms with Crippen molar-refractivity contribution >= 4 is 23.3 Å². The molecule has 0 aliphatic heterocycles. The van der Waals surface area contributed by atoms with Crippen molar-refractivity contribution in [3.05, 3.63) is 41.2 Å². The van der Waals surface area contributed by atoms with Gasteiger partial charge in [0.25, 0.3) is 5.91 Å². The number of anilines is 1. The summed E-state index contributed by atoms with van der Waals surface area (Å²) in [5, 5.41) is 12.3. The highest BCUT2D eigenvalue weighted by Crippen LogP contribution is 2.11. The fraction of sp³-hybridized carbons (Fsp3) is 0.267. The summed E-state index contributed by atoms with van der Waals surface area (Å²) < 4.78 is 5.04. The van der Waals surface area contributed by atoms with E-state index in [-0.39, 0.29) is 11.5 Å². The number of esters is 1. The second-order valence-corrected chi connectivity index (χ2v) is 4.93. The summed E-state index contributed by atoms with van der Waals surface area (Å²) in [6, 6.07) is 6.41. The van der Waals surface area contributed by atoms with E-state index >= 15 is 0 Å². The molecule has 0 aliphatic rings. The number of benzene rings is 1. The van der Waals surface area contributed by atoms with E-state index in [1.165, 1.54) is 13.8 Å². The molecule has 0 bridgehead atoms. The van der Waals surface area contributed by atoms with Crippen LogP contribution < -0.4 is 5.32 Å². The van der Waals surface area contributed by atoms with Gasteiger partial charge in [0.2, 0.25) is 0 Å². The van der Waals surface area contributed by atoms with Crippen LogP contribution in [0.1, 0.15) is 40.4 Å². The van der Waals surface area contributed by atoms with E-state index in [9.17, 15) is 14.4 Å². The monoisotopic (exact) mass is 316 g/mol. The number of carbonyl (C=O) groups is 3. The van der Waals surface area contributed by atoms with E-state index in [1.54, 1.807) is 31.2 Å². The van der Waals surface area contributed by atoms with Gasteiger partial charge in [-0.2, -0.15) is 10.3 Å². The van der Waals surface area contributed by atoms with Crippen molar-refractivity contribution < 1.29 is 19.1 Å². The van der Waals surface area contributed by atoms with Crippen molar-refractivity contribution in [2.24, 2.45) is 0 Å². The van der Waals surface area contributed by atoms with Crippen LogP contribution in [0.2, 0.25) is 0 Å². The summed E-state index contributed by atoms with van der Waals surface area (Å²) in [5.41, 5.74) is 1.47.